The van der Waals surface area contributed by atoms with Gasteiger partial charge in [-0.05, 0) is 25.5 Å². The van der Waals surface area contributed by atoms with Crippen molar-refractivity contribution in [3.05, 3.63) is 23.5 Å². The zero-order valence-electron chi connectivity index (χ0n) is 9.60. The van der Waals surface area contributed by atoms with E-state index < -0.39 is 0 Å². The summed E-state index contributed by atoms with van der Waals surface area (Å²) >= 11 is 0. The molecule has 0 saturated heterocycles. The third-order valence-corrected chi connectivity index (χ3v) is 1.65. The number of aryl methyl sites for hydroxylation is 2. The third kappa shape index (κ3) is 4.22. The van der Waals surface area contributed by atoms with Crippen molar-refractivity contribution < 1.29 is 0 Å². The second-order valence-electron chi connectivity index (χ2n) is 2.20. The lowest BCUT2D eigenvalue weighted by Gasteiger charge is -1.93. The molecular weight excluding hydrogens is 146 g/mol. The van der Waals surface area contributed by atoms with Gasteiger partial charge < -0.3 is 4.57 Å². The Kier molecular flexibility index (Phi) is 9.66. The normalized spacial score (nSPS) is 7.58. The van der Waals surface area contributed by atoms with E-state index in [9.17, 15) is 0 Å². The van der Waals surface area contributed by atoms with Crippen LogP contribution in [0.4, 0.5) is 0 Å². The van der Waals surface area contributed by atoms with E-state index in [1.54, 1.807) is 0 Å². The summed E-state index contributed by atoms with van der Waals surface area (Å²) < 4.78 is 2.12. The summed E-state index contributed by atoms with van der Waals surface area (Å²) in [5.74, 6) is 0. The first-order valence-electron chi connectivity index (χ1n) is 4.80. The van der Waals surface area contributed by atoms with Crippen LogP contribution in [0.2, 0.25) is 0 Å². The van der Waals surface area contributed by atoms with Crippen molar-refractivity contribution in [1.82, 2.24) is 4.57 Å². The van der Waals surface area contributed by atoms with Crippen molar-refractivity contribution in [3.63, 3.8) is 0 Å². The lowest BCUT2D eigenvalue weighted by molar-refractivity contribution is 0.877. The van der Waals surface area contributed by atoms with Crippen LogP contribution in [-0.2, 0) is 7.05 Å². The SMILES string of the molecule is CC.CC.Cc1ccn(C)c1C. The fourth-order valence-corrected chi connectivity index (χ4v) is 0.734. The van der Waals surface area contributed by atoms with Crippen LogP contribution in [0.1, 0.15) is 39.0 Å². The van der Waals surface area contributed by atoms with Gasteiger partial charge in [0.2, 0.25) is 0 Å². The minimum atomic E-state index is 1.35. The minimum Gasteiger partial charge on any atom is -0.354 e. The Bertz CT molecular complexity index is 167. The zero-order valence-corrected chi connectivity index (χ0v) is 9.60. The molecule has 12 heavy (non-hydrogen) atoms. The fourth-order valence-electron chi connectivity index (χ4n) is 0.734. The Labute approximate surface area is 77.4 Å². The average molecular weight is 169 g/mol. The van der Waals surface area contributed by atoms with Gasteiger partial charge in [0.15, 0.2) is 0 Å². The molecule has 0 spiro atoms. The van der Waals surface area contributed by atoms with Crippen molar-refractivity contribution in [1.29, 1.82) is 0 Å². The predicted molar refractivity (Wildman–Crippen MR) is 57.6 cm³/mol. The summed E-state index contributed by atoms with van der Waals surface area (Å²) in [6.45, 7) is 12.2. The van der Waals surface area contributed by atoms with E-state index in [-0.39, 0.29) is 0 Å². The first-order chi connectivity index (χ1) is 5.72. The standard InChI is InChI=1S/C7H11N.2C2H6/c1-6-4-5-8(3)7(6)2;2*1-2/h4-5H,1-3H3;2*1-2H3. The molecule has 1 aromatic heterocycles. The molecule has 0 fully saturated rings. The molecule has 0 radical (unpaired) electrons. The molecule has 0 atom stereocenters. The van der Waals surface area contributed by atoms with Crippen LogP contribution in [0.3, 0.4) is 0 Å². The summed E-state index contributed by atoms with van der Waals surface area (Å²) in [6, 6.07) is 2.12. The fraction of sp³-hybridized carbons (Fsp3) is 0.636. The molecule has 1 nitrogen and oxygen atoms in total. The number of hydrogen-bond acceptors (Lipinski definition) is 0. The summed E-state index contributed by atoms with van der Waals surface area (Å²) in [5.41, 5.74) is 2.72. The molecule has 0 saturated carbocycles. The van der Waals surface area contributed by atoms with Gasteiger partial charge in [-0.2, -0.15) is 0 Å². The molecule has 1 heteroatoms. The molecule has 0 amide bonds. The van der Waals surface area contributed by atoms with Gasteiger partial charge in [0, 0.05) is 18.9 Å². The maximum Gasteiger partial charge on any atom is 0.0169 e. The Hall–Kier alpha value is -0.720. The van der Waals surface area contributed by atoms with Gasteiger partial charge in [-0.15, -0.1) is 0 Å². The Balaban J connectivity index is 0. The monoisotopic (exact) mass is 169 g/mol. The zero-order chi connectivity index (χ0) is 10.1. The highest BCUT2D eigenvalue weighted by Crippen LogP contribution is 2.04. The Morgan fingerprint density at radius 1 is 1.00 bits per heavy atom. The predicted octanol–water partition coefficient (Wildman–Crippen LogP) is 3.69. The van der Waals surface area contributed by atoms with Crippen molar-refractivity contribution in [2.24, 2.45) is 7.05 Å². The highest BCUT2D eigenvalue weighted by molar-refractivity contribution is 5.17. The van der Waals surface area contributed by atoms with E-state index in [0.717, 1.165) is 0 Å². The van der Waals surface area contributed by atoms with E-state index in [2.05, 4.69) is 37.7 Å². The summed E-state index contributed by atoms with van der Waals surface area (Å²) in [5, 5.41) is 0. The second kappa shape index (κ2) is 8.38. The molecule has 0 aliphatic heterocycles. The molecule has 0 N–H and O–H groups in total. The van der Waals surface area contributed by atoms with Gasteiger partial charge in [-0.1, -0.05) is 27.7 Å². The van der Waals surface area contributed by atoms with Gasteiger partial charge in [-0.25, -0.2) is 0 Å². The first kappa shape index (κ1) is 13.8. The maximum atomic E-state index is 2.12. The number of rotatable bonds is 0. The van der Waals surface area contributed by atoms with E-state index in [1.165, 1.54) is 11.3 Å². The van der Waals surface area contributed by atoms with Crippen LogP contribution in [0.25, 0.3) is 0 Å². The highest BCUT2D eigenvalue weighted by atomic mass is 14.9. The van der Waals surface area contributed by atoms with E-state index in [4.69, 9.17) is 0 Å². The molecule has 1 heterocycles. The molecule has 1 aromatic rings. The van der Waals surface area contributed by atoms with Crippen LogP contribution in [0, 0.1) is 13.8 Å². The Morgan fingerprint density at radius 3 is 1.50 bits per heavy atom. The van der Waals surface area contributed by atoms with Gasteiger partial charge in [0.1, 0.15) is 0 Å². The number of nitrogens with zero attached hydrogens (tertiary/aromatic N) is 1. The van der Waals surface area contributed by atoms with E-state index in [0.29, 0.717) is 0 Å². The van der Waals surface area contributed by atoms with Crippen molar-refractivity contribution in [2.45, 2.75) is 41.5 Å². The molecule has 1 rings (SSSR count). The third-order valence-electron chi connectivity index (χ3n) is 1.65. The van der Waals surface area contributed by atoms with E-state index in [1.807, 2.05) is 27.7 Å². The molecule has 0 bridgehead atoms. The van der Waals surface area contributed by atoms with Crippen LogP contribution < -0.4 is 0 Å². The topological polar surface area (TPSA) is 4.93 Å². The van der Waals surface area contributed by atoms with Gasteiger partial charge in [0.25, 0.3) is 0 Å². The number of hydrogen-bond donors (Lipinski definition) is 0. The summed E-state index contributed by atoms with van der Waals surface area (Å²) in [6.07, 6.45) is 2.07. The summed E-state index contributed by atoms with van der Waals surface area (Å²) in [7, 11) is 2.06. The lowest BCUT2D eigenvalue weighted by Crippen LogP contribution is -1.87. The second-order valence-corrected chi connectivity index (χ2v) is 2.20. The van der Waals surface area contributed by atoms with Crippen molar-refractivity contribution in [3.8, 4) is 0 Å². The van der Waals surface area contributed by atoms with Crippen molar-refractivity contribution >= 4 is 0 Å². The van der Waals surface area contributed by atoms with Crippen LogP contribution in [-0.4, -0.2) is 4.57 Å². The minimum absolute atomic E-state index is 1.35. The quantitative estimate of drug-likeness (QED) is 0.558. The maximum absolute atomic E-state index is 2.12. The average Bonchev–Trinajstić information content (AvgIpc) is 2.43. The van der Waals surface area contributed by atoms with E-state index >= 15 is 0 Å². The summed E-state index contributed by atoms with van der Waals surface area (Å²) in [4.78, 5) is 0. The highest BCUT2D eigenvalue weighted by Gasteiger charge is 1.92. The molecule has 0 aliphatic carbocycles. The van der Waals surface area contributed by atoms with Crippen molar-refractivity contribution in [2.75, 3.05) is 0 Å². The van der Waals surface area contributed by atoms with Gasteiger partial charge >= 0.3 is 0 Å². The van der Waals surface area contributed by atoms with Crippen LogP contribution in [0.5, 0.6) is 0 Å². The molecular formula is C11H23N. The lowest BCUT2D eigenvalue weighted by atomic mass is 10.3. The smallest absolute Gasteiger partial charge is 0.0169 e. The first-order valence-corrected chi connectivity index (χ1v) is 4.80. The molecule has 0 unspecified atom stereocenters. The Morgan fingerprint density at radius 2 is 1.42 bits per heavy atom. The van der Waals surface area contributed by atoms with Crippen LogP contribution >= 0.6 is 0 Å². The largest absolute Gasteiger partial charge is 0.354 e. The number of aromatic nitrogens is 1. The molecule has 72 valence electrons. The van der Waals surface area contributed by atoms with Gasteiger partial charge in [-0.3, -0.25) is 0 Å². The van der Waals surface area contributed by atoms with Crippen LogP contribution in [0.15, 0.2) is 12.3 Å². The van der Waals surface area contributed by atoms with Gasteiger partial charge in [0.05, 0.1) is 0 Å². The molecule has 0 aliphatic rings. The molecule has 0 aromatic carbocycles.